The molecule has 27 heavy (non-hydrogen) atoms. The number of carbonyl (C=O) groups excluding carboxylic acids is 1. The van der Waals surface area contributed by atoms with Gasteiger partial charge in [0.05, 0.1) is 5.56 Å². The van der Waals surface area contributed by atoms with E-state index in [9.17, 15) is 22.8 Å². The van der Waals surface area contributed by atoms with Gasteiger partial charge in [-0.2, -0.15) is 13.2 Å². The minimum absolute atomic E-state index is 0.0443. The molecule has 2 aromatic rings. The van der Waals surface area contributed by atoms with Crippen LogP contribution in [0.25, 0.3) is 0 Å². The van der Waals surface area contributed by atoms with E-state index in [4.69, 9.17) is 4.74 Å². The van der Waals surface area contributed by atoms with Crippen LogP contribution < -0.4 is 15.6 Å². The summed E-state index contributed by atoms with van der Waals surface area (Å²) in [6.07, 6.45) is 0.196. The van der Waals surface area contributed by atoms with Crippen molar-refractivity contribution in [2.75, 3.05) is 0 Å². The molecule has 0 bridgehead atoms. The molecule has 3 rings (SSSR count). The molecule has 144 valence electrons. The van der Waals surface area contributed by atoms with Crippen molar-refractivity contribution in [2.24, 2.45) is 0 Å². The zero-order valence-electron chi connectivity index (χ0n) is 14.3. The molecule has 0 aromatic carbocycles. The maximum atomic E-state index is 12.5. The average Bonchev–Trinajstić information content (AvgIpc) is 2.63. The lowest BCUT2D eigenvalue weighted by molar-refractivity contribution is -0.137. The highest BCUT2D eigenvalue weighted by Gasteiger charge is 2.31. The molecule has 2 N–H and O–H groups in total. The molecule has 0 saturated heterocycles. The van der Waals surface area contributed by atoms with Gasteiger partial charge in [-0.25, -0.2) is 4.98 Å². The lowest BCUT2D eigenvalue weighted by atomic mass is 9.92. The Morgan fingerprint density at radius 3 is 2.52 bits per heavy atom. The van der Waals surface area contributed by atoms with Gasteiger partial charge in [-0.3, -0.25) is 9.59 Å². The summed E-state index contributed by atoms with van der Waals surface area (Å²) in [6.45, 7) is 0. The molecular weight excluding hydrogens is 363 g/mol. The maximum Gasteiger partial charge on any atom is 0.417 e. The lowest BCUT2D eigenvalue weighted by Crippen LogP contribution is -2.40. The number of hydrogen-bond donors (Lipinski definition) is 2. The number of hydrogen-bond acceptors (Lipinski definition) is 4. The summed E-state index contributed by atoms with van der Waals surface area (Å²) >= 11 is 0. The van der Waals surface area contributed by atoms with Crippen molar-refractivity contribution in [3.63, 3.8) is 0 Å². The van der Waals surface area contributed by atoms with Crippen LogP contribution in [0.4, 0.5) is 13.2 Å². The maximum absolute atomic E-state index is 12.5. The number of aromatic nitrogens is 2. The third-order valence-electron chi connectivity index (χ3n) is 4.40. The molecule has 6 nitrogen and oxygen atoms in total. The van der Waals surface area contributed by atoms with Crippen LogP contribution in [0.5, 0.6) is 5.88 Å². The topological polar surface area (TPSA) is 84.1 Å². The summed E-state index contributed by atoms with van der Waals surface area (Å²) in [7, 11) is 0. The molecule has 1 aliphatic rings. The zero-order chi connectivity index (χ0) is 19.4. The molecule has 1 amide bonds. The zero-order valence-corrected chi connectivity index (χ0v) is 14.3. The number of rotatable bonds is 4. The molecule has 2 aromatic heterocycles. The number of aromatic amines is 1. The molecule has 0 spiro atoms. The van der Waals surface area contributed by atoms with Crippen molar-refractivity contribution in [1.29, 1.82) is 0 Å². The van der Waals surface area contributed by atoms with Crippen molar-refractivity contribution in [3.05, 3.63) is 58.1 Å². The van der Waals surface area contributed by atoms with Crippen LogP contribution >= 0.6 is 0 Å². The number of alkyl halides is 3. The van der Waals surface area contributed by atoms with Gasteiger partial charge in [0.15, 0.2) is 0 Å². The fourth-order valence-corrected chi connectivity index (χ4v) is 2.97. The molecule has 2 heterocycles. The SMILES string of the molecule is O=C(NC1CCC(Oc2ccc(C(F)(F)F)cn2)CC1)c1cc[nH]c(=O)c1. The van der Waals surface area contributed by atoms with Crippen LogP contribution in [0.2, 0.25) is 0 Å². The predicted octanol–water partition coefficient (Wildman–Crippen LogP) is 2.91. The molecule has 0 unspecified atom stereocenters. The van der Waals surface area contributed by atoms with E-state index < -0.39 is 11.7 Å². The highest BCUT2D eigenvalue weighted by Crippen LogP contribution is 2.30. The first kappa shape index (κ1) is 18.9. The van der Waals surface area contributed by atoms with Gasteiger partial charge < -0.3 is 15.0 Å². The van der Waals surface area contributed by atoms with Crippen LogP contribution in [0.15, 0.2) is 41.5 Å². The molecule has 0 atom stereocenters. The molecule has 0 radical (unpaired) electrons. The standard InChI is InChI=1S/C18H18F3N3O3/c19-18(20,21)12-1-6-16(23-10-12)27-14-4-2-13(3-5-14)24-17(26)11-7-8-22-15(25)9-11/h1,6-10,13-14H,2-5H2,(H,22,25)(H,24,26). The average molecular weight is 381 g/mol. The summed E-state index contributed by atoms with van der Waals surface area (Å²) in [4.78, 5) is 29.6. The normalized spacial score (nSPS) is 20.1. The van der Waals surface area contributed by atoms with E-state index in [1.807, 2.05) is 0 Å². The number of pyridine rings is 2. The Hall–Kier alpha value is -2.84. The third kappa shape index (κ3) is 5.08. The van der Waals surface area contributed by atoms with Crippen LogP contribution in [-0.2, 0) is 6.18 Å². The van der Waals surface area contributed by atoms with Crippen LogP contribution in [-0.4, -0.2) is 28.0 Å². The highest BCUT2D eigenvalue weighted by molar-refractivity contribution is 5.94. The number of amides is 1. The molecule has 0 aliphatic heterocycles. The minimum atomic E-state index is -4.43. The van der Waals surface area contributed by atoms with Crippen molar-refractivity contribution >= 4 is 5.91 Å². The second-order valence-electron chi connectivity index (χ2n) is 6.39. The summed E-state index contributed by atoms with van der Waals surface area (Å²) < 4.78 is 43.2. The molecular formula is C18H18F3N3O3. The summed E-state index contributed by atoms with van der Waals surface area (Å²) in [5.41, 5.74) is -0.865. The van der Waals surface area contributed by atoms with E-state index in [0.717, 1.165) is 12.3 Å². The van der Waals surface area contributed by atoms with E-state index >= 15 is 0 Å². The van der Waals surface area contributed by atoms with Gasteiger partial charge in [0.2, 0.25) is 11.4 Å². The quantitative estimate of drug-likeness (QED) is 0.853. The number of H-pyrrole nitrogens is 1. The van der Waals surface area contributed by atoms with Crippen molar-refractivity contribution in [3.8, 4) is 5.88 Å². The predicted molar refractivity (Wildman–Crippen MR) is 90.4 cm³/mol. The number of halogens is 3. The Kier molecular flexibility index (Phi) is 5.48. The number of nitrogens with zero attached hydrogens (tertiary/aromatic N) is 1. The van der Waals surface area contributed by atoms with E-state index in [1.54, 1.807) is 0 Å². The third-order valence-corrected chi connectivity index (χ3v) is 4.40. The van der Waals surface area contributed by atoms with Gasteiger partial charge in [0.25, 0.3) is 5.91 Å². The first-order valence-electron chi connectivity index (χ1n) is 8.51. The largest absolute Gasteiger partial charge is 0.474 e. The van der Waals surface area contributed by atoms with E-state index in [-0.39, 0.29) is 29.5 Å². The fourth-order valence-electron chi connectivity index (χ4n) is 2.97. The van der Waals surface area contributed by atoms with Gasteiger partial charge in [0, 0.05) is 36.1 Å². The Balaban J connectivity index is 1.49. The molecule has 9 heteroatoms. The molecule has 1 fully saturated rings. The number of ether oxygens (including phenoxy) is 1. The Morgan fingerprint density at radius 1 is 1.19 bits per heavy atom. The Labute approximate surface area is 152 Å². The van der Waals surface area contributed by atoms with Crippen molar-refractivity contribution in [1.82, 2.24) is 15.3 Å². The minimum Gasteiger partial charge on any atom is -0.474 e. The summed E-state index contributed by atoms with van der Waals surface area (Å²) in [6, 6.07) is 4.87. The first-order chi connectivity index (χ1) is 12.8. The van der Waals surface area contributed by atoms with Gasteiger partial charge in [-0.1, -0.05) is 0 Å². The van der Waals surface area contributed by atoms with Crippen LogP contribution in [0, 0.1) is 0 Å². The van der Waals surface area contributed by atoms with Gasteiger partial charge >= 0.3 is 6.18 Å². The van der Waals surface area contributed by atoms with Crippen molar-refractivity contribution < 1.29 is 22.7 Å². The van der Waals surface area contributed by atoms with Gasteiger partial charge in [-0.05, 0) is 37.8 Å². The summed E-state index contributed by atoms with van der Waals surface area (Å²) in [5.74, 6) is -0.158. The second-order valence-corrected chi connectivity index (χ2v) is 6.39. The van der Waals surface area contributed by atoms with Gasteiger partial charge in [0.1, 0.15) is 6.10 Å². The number of nitrogens with one attached hydrogen (secondary N) is 2. The molecule has 1 aliphatic carbocycles. The summed E-state index contributed by atoms with van der Waals surface area (Å²) in [5, 5.41) is 2.88. The van der Waals surface area contributed by atoms with E-state index in [0.29, 0.717) is 31.2 Å². The first-order valence-corrected chi connectivity index (χ1v) is 8.51. The smallest absolute Gasteiger partial charge is 0.417 e. The van der Waals surface area contributed by atoms with Crippen LogP contribution in [0.3, 0.4) is 0 Å². The van der Waals surface area contributed by atoms with Crippen molar-refractivity contribution in [2.45, 2.75) is 44.0 Å². The highest BCUT2D eigenvalue weighted by atomic mass is 19.4. The Bertz CT molecular complexity index is 841. The molecule has 1 saturated carbocycles. The monoisotopic (exact) mass is 381 g/mol. The lowest BCUT2D eigenvalue weighted by Gasteiger charge is -2.29. The Morgan fingerprint density at radius 2 is 1.93 bits per heavy atom. The number of carbonyl (C=O) groups is 1. The van der Waals surface area contributed by atoms with Gasteiger partial charge in [-0.15, -0.1) is 0 Å². The van der Waals surface area contributed by atoms with Crippen LogP contribution in [0.1, 0.15) is 41.6 Å². The van der Waals surface area contributed by atoms with E-state index in [2.05, 4.69) is 15.3 Å². The fraction of sp³-hybridized carbons (Fsp3) is 0.389. The second kappa shape index (κ2) is 7.81. The van der Waals surface area contributed by atoms with E-state index in [1.165, 1.54) is 24.4 Å².